The van der Waals surface area contributed by atoms with Crippen LogP contribution in [0.2, 0.25) is 0 Å². The molecule has 0 fully saturated rings. The number of anilines is 1. The van der Waals surface area contributed by atoms with Crippen molar-refractivity contribution in [2.45, 2.75) is 0 Å². The molecule has 0 atom stereocenters. The fraction of sp³-hybridized carbons (Fsp3) is 0.222. The van der Waals surface area contributed by atoms with Crippen molar-refractivity contribution < 1.29 is 9.90 Å². The van der Waals surface area contributed by atoms with Gasteiger partial charge in [-0.2, -0.15) is 0 Å². The lowest BCUT2D eigenvalue weighted by Crippen LogP contribution is -2.08. The average molecular weight is 202 g/mol. The van der Waals surface area contributed by atoms with Crippen LogP contribution in [-0.2, 0) is 0 Å². The maximum atomic E-state index is 10.5. The van der Waals surface area contributed by atoms with Crippen molar-refractivity contribution >= 4 is 24.1 Å². The first kappa shape index (κ1) is 11.8. The number of hydrogen-bond donors (Lipinski definition) is 1. The van der Waals surface area contributed by atoms with Crippen molar-refractivity contribution in [3.05, 3.63) is 29.8 Å². The first-order valence-corrected chi connectivity index (χ1v) is 3.62. The summed E-state index contributed by atoms with van der Waals surface area (Å²) in [5.74, 6) is -0.889. The molecule has 0 aliphatic carbocycles. The zero-order chi connectivity index (χ0) is 9.14. The van der Waals surface area contributed by atoms with Crippen LogP contribution in [0.5, 0.6) is 0 Å². The number of rotatable bonds is 2. The molecule has 1 aromatic carbocycles. The molecule has 0 spiro atoms. The lowest BCUT2D eigenvalue weighted by Gasteiger charge is -2.11. The van der Waals surface area contributed by atoms with Crippen LogP contribution in [0.4, 0.5) is 5.69 Å². The minimum Gasteiger partial charge on any atom is -0.478 e. The molecule has 0 radical (unpaired) electrons. The quantitative estimate of drug-likeness (QED) is 0.794. The molecule has 4 heteroatoms. The Morgan fingerprint density at radius 1 is 1.23 bits per heavy atom. The Balaban J connectivity index is 0.00000144. The molecule has 0 bridgehead atoms. The van der Waals surface area contributed by atoms with Crippen LogP contribution in [0, 0.1) is 0 Å². The molecule has 0 amide bonds. The van der Waals surface area contributed by atoms with E-state index in [4.69, 9.17) is 5.11 Å². The van der Waals surface area contributed by atoms with Crippen LogP contribution < -0.4 is 4.90 Å². The van der Waals surface area contributed by atoms with Gasteiger partial charge in [-0.25, -0.2) is 4.79 Å². The SMILES string of the molecule is CN(C)c1ccc(C(=O)O)cc1.Cl. The van der Waals surface area contributed by atoms with Gasteiger partial charge in [0.1, 0.15) is 0 Å². The van der Waals surface area contributed by atoms with E-state index in [-0.39, 0.29) is 12.4 Å². The van der Waals surface area contributed by atoms with Crippen molar-refractivity contribution in [2.24, 2.45) is 0 Å². The van der Waals surface area contributed by atoms with Crippen LogP contribution in [0.25, 0.3) is 0 Å². The predicted octanol–water partition coefficient (Wildman–Crippen LogP) is 1.87. The van der Waals surface area contributed by atoms with Crippen molar-refractivity contribution in [3.63, 3.8) is 0 Å². The molecular weight excluding hydrogens is 190 g/mol. The van der Waals surface area contributed by atoms with E-state index in [1.165, 1.54) is 0 Å². The van der Waals surface area contributed by atoms with E-state index >= 15 is 0 Å². The van der Waals surface area contributed by atoms with Gasteiger partial charge in [-0.3, -0.25) is 0 Å². The topological polar surface area (TPSA) is 40.5 Å². The van der Waals surface area contributed by atoms with Gasteiger partial charge >= 0.3 is 5.97 Å². The first-order valence-electron chi connectivity index (χ1n) is 3.62. The number of carboxylic acid groups (broad SMARTS) is 1. The summed E-state index contributed by atoms with van der Waals surface area (Å²) in [7, 11) is 3.82. The van der Waals surface area contributed by atoms with E-state index in [0.717, 1.165) is 5.69 Å². The number of halogens is 1. The summed E-state index contributed by atoms with van der Waals surface area (Å²) in [5.41, 5.74) is 1.32. The maximum absolute atomic E-state index is 10.5. The molecule has 1 rings (SSSR count). The van der Waals surface area contributed by atoms with Gasteiger partial charge in [-0.05, 0) is 24.3 Å². The van der Waals surface area contributed by atoms with Crippen molar-refractivity contribution in [1.29, 1.82) is 0 Å². The van der Waals surface area contributed by atoms with Gasteiger partial charge in [0, 0.05) is 19.8 Å². The Hall–Kier alpha value is -1.22. The highest BCUT2D eigenvalue weighted by Gasteiger charge is 2.01. The van der Waals surface area contributed by atoms with Crippen molar-refractivity contribution in [2.75, 3.05) is 19.0 Å². The molecule has 0 heterocycles. The first-order chi connectivity index (χ1) is 5.61. The summed E-state index contributed by atoms with van der Waals surface area (Å²) >= 11 is 0. The Morgan fingerprint density at radius 3 is 2.00 bits per heavy atom. The number of benzene rings is 1. The molecule has 0 unspecified atom stereocenters. The standard InChI is InChI=1S/C9H11NO2.ClH/c1-10(2)8-5-3-7(4-6-8)9(11)12;/h3-6H,1-2H3,(H,11,12);1H. The molecular formula is C9H12ClNO2. The minimum atomic E-state index is -0.889. The number of aromatic carboxylic acids is 1. The maximum Gasteiger partial charge on any atom is 0.335 e. The van der Waals surface area contributed by atoms with Crippen LogP contribution >= 0.6 is 12.4 Å². The third-order valence-electron chi connectivity index (χ3n) is 1.63. The number of carboxylic acids is 1. The minimum absolute atomic E-state index is 0. The highest BCUT2D eigenvalue weighted by molar-refractivity contribution is 5.88. The second-order valence-corrected chi connectivity index (χ2v) is 2.75. The summed E-state index contributed by atoms with van der Waals surface area (Å²) in [4.78, 5) is 12.4. The molecule has 3 nitrogen and oxygen atoms in total. The molecule has 0 saturated heterocycles. The summed E-state index contributed by atoms with van der Waals surface area (Å²) < 4.78 is 0. The third kappa shape index (κ3) is 2.95. The lowest BCUT2D eigenvalue weighted by molar-refractivity contribution is 0.0697. The molecule has 0 aliphatic heterocycles. The van der Waals surface area contributed by atoms with Gasteiger partial charge in [0.2, 0.25) is 0 Å². The molecule has 13 heavy (non-hydrogen) atoms. The van der Waals surface area contributed by atoms with Gasteiger partial charge in [0.25, 0.3) is 0 Å². The zero-order valence-electron chi connectivity index (χ0n) is 7.52. The highest BCUT2D eigenvalue weighted by atomic mass is 35.5. The van der Waals surface area contributed by atoms with Gasteiger partial charge in [0.05, 0.1) is 5.56 Å². The largest absolute Gasteiger partial charge is 0.478 e. The smallest absolute Gasteiger partial charge is 0.335 e. The van der Waals surface area contributed by atoms with E-state index in [1.54, 1.807) is 24.3 Å². The number of carbonyl (C=O) groups is 1. The number of nitrogens with zero attached hydrogens (tertiary/aromatic N) is 1. The van der Waals surface area contributed by atoms with Gasteiger partial charge < -0.3 is 10.0 Å². The third-order valence-corrected chi connectivity index (χ3v) is 1.63. The van der Waals surface area contributed by atoms with Crippen molar-refractivity contribution in [1.82, 2.24) is 0 Å². The Bertz CT molecular complexity index is 282. The van der Waals surface area contributed by atoms with E-state index in [0.29, 0.717) is 5.56 Å². The normalized spacial score (nSPS) is 8.77. The van der Waals surface area contributed by atoms with Crippen molar-refractivity contribution in [3.8, 4) is 0 Å². The van der Waals surface area contributed by atoms with E-state index in [9.17, 15) is 4.79 Å². The highest BCUT2D eigenvalue weighted by Crippen LogP contribution is 2.11. The lowest BCUT2D eigenvalue weighted by atomic mass is 10.2. The van der Waals surface area contributed by atoms with Crippen LogP contribution in [0.3, 0.4) is 0 Å². The molecule has 0 aliphatic rings. The molecule has 72 valence electrons. The second-order valence-electron chi connectivity index (χ2n) is 2.75. The molecule has 0 saturated carbocycles. The monoisotopic (exact) mass is 201 g/mol. The molecule has 1 N–H and O–H groups in total. The summed E-state index contributed by atoms with van der Waals surface area (Å²) in [6.07, 6.45) is 0. The van der Waals surface area contributed by atoms with Crippen LogP contribution in [-0.4, -0.2) is 25.2 Å². The van der Waals surface area contributed by atoms with Crippen LogP contribution in [0.15, 0.2) is 24.3 Å². The second kappa shape index (κ2) is 4.72. The molecule has 1 aromatic rings. The summed E-state index contributed by atoms with van der Waals surface area (Å²) in [6.45, 7) is 0. The Kier molecular flexibility index (Phi) is 4.28. The van der Waals surface area contributed by atoms with Gasteiger partial charge in [-0.15, -0.1) is 12.4 Å². The predicted molar refractivity (Wildman–Crippen MR) is 55.0 cm³/mol. The summed E-state index contributed by atoms with van der Waals surface area (Å²) in [6, 6.07) is 6.75. The summed E-state index contributed by atoms with van der Waals surface area (Å²) in [5, 5.41) is 8.60. The Labute approximate surface area is 83.4 Å². The zero-order valence-corrected chi connectivity index (χ0v) is 8.34. The van der Waals surface area contributed by atoms with Crippen LogP contribution in [0.1, 0.15) is 10.4 Å². The fourth-order valence-electron chi connectivity index (χ4n) is 0.902. The van der Waals surface area contributed by atoms with Gasteiger partial charge in [-0.1, -0.05) is 0 Å². The molecule has 0 aromatic heterocycles. The van der Waals surface area contributed by atoms with E-state index < -0.39 is 5.97 Å². The Morgan fingerprint density at radius 2 is 1.69 bits per heavy atom. The number of hydrogen-bond acceptors (Lipinski definition) is 2. The van der Waals surface area contributed by atoms with E-state index in [2.05, 4.69) is 0 Å². The van der Waals surface area contributed by atoms with E-state index in [1.807, 2.05) is 19.0 Å². The fourth-order valence-corrected chi connectivity index (χ4v) is 0.902. The average Bonchev–Trinajstić information content (AvgIpc) is 2.04. The van der Waals surface area contributed by atoms with Gasteiger partial charge in [0.15, 0.2) is 0 Å².